The first-order valence-electron chi connectivity index (χ1n) is 10.3. The Labute approximate surface area is 190 Å². The highest BCUT2D eigenvalue weighted by Crippen LogP contribution is 2.29. The number of benzene rings is 3. The molecule has 4 rings (SSSR count). The lowest BCUT2D eigenvalue weighted by atomic mass is 9.90. The average Bonchev–Trinajstić information content (AvgIpc) is 2.79. The molecule has 1 aliphatic rings. The van der Waals surface area contributed by atoms with Crippen LogP contribution in [0.3, 0.4) is 0 Å². The molecule has 32 heavy (non-hydrogen) atoms. The van der Waals surface area contributed by atoms with Gasteiger partial charge in [0.05, 0.1) is 18.4 Å². The number of hydrogen-bond donors (Lipinski definition) is 2. The van der Waals surface area contributed by atoms with Crippen molar-refractivity contribution < 1.29 is 18.7 Å². The zero-order chi connectivity index (χ0) is 22.7. The largest absolute Gasteiger partial charge is 0.495 e. The van der Waals surface area contributed by atoms with Gasteiger partial charge in [-0.2, -0.15) is 0 Å². The zero-order valence-electron chi connectivity index (χ0n) is 17.5. The summed E-state index contributed by atoms with van der Waals surface area (Å²) in [6.07, 6.45) is 4.34. The molecule has 0 spiro atoms. The molecule has 3 aromatic rings. The molecule has 0 unspecified atom stereocenters. The molecule has 0 atom stereocenters. The Morgan fingerprint density at radius 1 is 0.906 bits per heavy atom. The van der Waals surface area contributed by atoms with E-state index in [9.17, 15) is 14.0 Å². The van der Waals surface area contributed by atoms with Gasteiger partial charge in [0, 0.05) is 16.3 Å². The molecule has 0 bridgehead atoms. The molecule has 1 aliphatic carbocycles. The van der Waals surface area contributed by atoms with Crippen LogP contribution >= 0.6 is 11.6 Å². The highest BCUT2D eigenvalue weighted by Gasteiger charge is 2.17. The number of amides is 2. The van der Waals surface area contributed by atoms with E-state index in [1.54, 1.807) is 18.2 Å². The van der Waals surface area contributed by atoms with Crippen molar-refractivity contribution in [1.29, 1.82) is 0 Å². The summed E-state index contributed by atoms with van der Waals surface area (Å²) >= 11 is 5.76. The van der Waals surface area contributed by atoms with E-state index in [2.05, 4.69) is 10.6 Å². The molecule has 0 saturated carbocycles. The van der Waals surface area contributed by atoms with Gasteiger partial charge in [0.1, 0.15) is 11.6 Å². The predicted molar refractivity (Wildman–Crippen MR) is 123 cm³/mol. The second kappa shape index (κ2) is 9.40. The van der Waals surface area contributed by atoms with Crippen LogP contribution < -0.4 is 15.4 Å². The van der Waals surface area contributed by atoms with Gasteiger partial charge >= 0.3 is 0 Å². The molecule has 164 valence electrons. The SMILES string of the molecule is COc1ccc(NC(=O)c2ccc3c(c2)CCCC3)cc1NC(=O)c1ccc(Cl)cc1F. The first kappa shape index (κ1) is 21.8. The summed E-state index contributed by atoms with van der Waals surface area (Å²) in [5.74, 6) is -1.26. The van der Waals surface area contributed by atoms with Crippen molar-refractivity contribution in [3.63, 3.8) is 0 Å². The number of carbonyl (C=O) groups excluding carboxylic acids is 2. The Kier molecular flexibility index (Phi) is 6.42. The molecule has 2 N–H and O–H groups in total. The molecule has 7 heteroatoms. The van der Waals surface area contributed by atoms with E-state index in [-0.39, 0.29) is 16.5 Å². The fourth-order valence-corrected chi connectivity index (χ4v) is 3.98. The van der Waals surface area contributed by atoms with Crippen LogP contribution in [0.25, 0.3) is 0 Å². The summed E-state index contributed by atoms with van der Waals surface area (Å²) in [6, 6.07) is 14.5. The van der Waals surface area contributed by atoms with Crippen LogP contribution in [-0.2, 0) is 12.8 Å². The molecule has 0 aromatic heterocycles. The predicted octanol–water partition coefficient (Wildman–Crippen LogP) is 5.87. The lowest BCUT2D eigenvalue weighted by molar-refractivity contribution is 0.101. The summed E-state index contributed by atoms with van der Waals surface area (Å²) in [5.41, 5.74) is 3.72. The number of anilines is 2. The maximum atomic E-state index is 14.1. The van der Waals surface area contributed by atoms with Crippen molar-refractivity contribution in [2.75, 3.05) is 17.7 Å². The van der Waals surface area contributed by atoms with E-state index < -0.39 is 11.7 Å². The number of rotatable bonds is 5. The normalized spacial score (nSPS) is 12.6. The van der Waals surface area contributed by atoms with Crippen molar-refractivity contribution in [2.24, 2.45) is 0 Å². The van der Waals surface area contributed by atoms with Crippen molar-refractivity contribution in [1.82, 2.24) is 0 Å². The summed E-state index contributed by atoms with van der Waals surface area (Å²) in [7, 11) is 1.46. The minimum Gasteiger partial charge on any atom is -0.495 e. The van der Waals surface area contributed by atoms with Crippen LogP contribution in [0.15, 0.2) is 54.6 Å². The van der Waals surface area contributed by atoms with Crippen molar-refractivity contribution in [3.8, 4) is 5.75 Å². The minimum atomic E-state index is -0.731. The molecule has 0 saturated heterocycles. The number of halogens is 2. The monoisotopic (exact) mass is 452 g/mol. The third kappa shape index (κ3) is 4.75. The van der Waals surface area contributed by atoms with Crippen molar-refractivity contribution in [3.05, 3.63) is 87.7 Å². The van der Waals surface area contributed by atoms with Gasteiger partial charge in [-0.05, 0) is 85.3 Å². The number of hydrogen-bond acceptors (Lipinski definition) is 3. The summed E-state index contributed by atoms with van der Waals surface area (Å²) < 4.78 is 19.4. The van der Waals surface area contributed by atoms with Crippen molar-refractivity contribution >= 4 is 34.8 Å². The molecule has 0 aliphatic heterocycles. The van der Waals surface area contributed by atoms with Crippen LogP contribution in [0.4, 0.5) is 15.8 Å². The van der Waals surface area contributed by atoms with Gasteiger partial charge in [-0.3, -0.25) is 9.59 Å². The van der Waals surface area contributed by atoms with Crippen LogP contribution in [0, 0.1) is 5.82 Å². The summed E-state index contributed by atoms with van der Waals surface area (Å²) in [5, 5.41) is 5.68. The standard InChI is InChI=1S/C25H22ClFN2O3/c1-32-23-11-9-19(14-22(23)29-25(31)20-10-8-18(26)13-21(20)27)28-24(30)17-7-6-15-4-2-3-5-16(15)12-17/h6-14H,2-5H2,1H3,(H,28,30)(H,29,31). The second-order valence-corrected chi connectivity index (χ2v) is 8.07. The maximum absolute atomic E-state index is 14.1. The number of methoxy groups -OCH3 is 1. The smallest absolute Gasteiger partial charge is 0.258 e. The third-order valence-corrected chi connectivity index (χ3v) is 5.73. The third-order valence-electron chi connectivity index (χ3n) is 5.49. The molecule has 3 aromatic carbocycles. The fraction of sp³-hybridized carbons (Fsp3) is 0.200. The second-order valence-electron chi connectivity index (χ2n) is 7.64. The van der Waals surface area contributed by atoms with Crippen LogP contribution in [0.2, 0.25) is 5.02 Å². The van der Waals surface area contributed by atoms with Crippen molar-refractivity contribution in [2.45, 2.75) is 25.7 Å². The quantitative estimate of drug-likeness (QED) is 0.508. The fourth-order valence-electron chi connectivity index (χ4n) is 3.82. The molecular formula is C25H22ClFN2O3. The van der Waals surface area contributed by atoms with Gasteiger partial charge in [-0.1, -0.05) is 17.7 Å². The van der Waals surface area contributed by atoms with E-state index >= 15 is 0 Å². The first-order valence-corrected chi connectivity index (χ1v) is 10.7. The van der Waals surface area contributed by atoms with Gasteiger partial charge in [-0.15, -0.1) is 0 Å². The number of nitrogens with one attached hydrogen (secondary N) is 2. The Balaban J connectivity index is 1.54. The Morgan fingerprint density at radius 2 is 1.69 bits per heavy atom. The van der Waals surface area contributed by atoms with Crippen LogP contribution in [0.5, 0.6) is 5.75 Å². The van der Waals surface area contributed by atoms with Gasteiger partial charge in [0.2, 0.25) is 0 Å². The lowest BCUT2D eigenvalue weighted by Gasteiger charge is -2.17. The minimum absolute atomic E-state index is 0.153. The first-order chi connectivity index (χ1) is 15.4. The molecule has 2 amide bonds. The molecule has 0 fully saturated rings. The number of carbonyl (C=O) groups is 2. The molecular weight excluding hydrogens is 431 g/mol. The molecule has 0 heterocycles. The number of fused-ring (bicyclic) bond motifs is 1. The van der Waals surface area contributed by atoms with Gasteiger partial charge in [-0.25, -0.2) is 4.39 Å². The highest BCUT2D eigenvalue weighted by atomic mass is 35.5. The van der Waals surface area contributed by atoms with Gasteiger partial charge in [0.25, 0.3) is 11.8 Å². The Morgan fingerprint density at radius 3 is 2.44 bits per heavy atom. The van der Waals surface area contributed by atoms with E-state index in [0.717, 1.165) is 25.3 Å². The van der Waals surface area contributed by atoms with E-state index in [0.29, 0.717) is 22.7 Å². The molecule has 5 nitrogen and oxygen atoms in total. The Bertz CT molecular complexity index is 1200. The highest BCUT2D eigenvalue weighted by molar-refractivity contribution is 6.30. The lowest BCUT2D eigenvalue weighted by Crippen LogP contribution is -2.16. The van der Waals surface area contributed by atoms with E-state index in [4.69, 9.17) is 16.3 Å². The topological polar surface area (TPSA) is 67.4 Å². The van der Waals surface area contributed by atoms with Crippen LogP contribution in [-0.4, -0.2) is 18.9 Å². The zero-order valence-corrected chi connectivity index (χ0v) is 18.3. The van der Waals surface area contributed by atoms with E-state index in [1.165, 1.54) is 36.8 Å². The van der Waals surface area contributed by atoms with Crippen LogP contribution in [0.1, 0.15) is 44.7 Å². The Hall–Kier alpha value is -3.38. The molecule has 0 radical (unpaired) electrons. The average molecular weight is 453 g/mol. The maximum Gasteiger partial charge on any atom is 0.258 e. The summed E-state index contributed by atoms with van der Waals surface area (Å²) in [6.45, 7) is 0. The summed E-state index contributed by atoms with van der Waals surface area (Å²) in [4.78, 5) is 25.4. The number of ether oxygens (including phenoxy) is 1. The van der Waals surface area contributed by atoms with Gasteiger partial charge in [0.15, 0.2) is 0 Å². The number of aryl methyl sites for hydroxylation is 2. The van der Waals surface area contributed by atoms with Gasteiger partial charge < -0.3 is 15.4 Å². The van der Waals surface area contributed by atoms with E-state index in [1.807, 2.05) is 18.2 Å².